The van der Waals surface area contributed by atoms with Crippen LogP contribution in [0.2, 0.25) is 0 Å². The first-order valence-electron chi connectivity index (χ1n) is 4.11. The van der Waals surface area contributed by atoms with E-state index in [0.717, 1.165) is 0 Å². The van der Waals surface area contributed by atoms with E-state index in [2.05, 4.69) is 0 Å². The van der Waals surface area contributed by atoms with Gasteiger partial charge in [-0.15, -0.1) is 0 Å². The lowest BCUT2D eigenvalue weighted by atomic mass is 9.97. The van der Waals surface area contributed by atoms with Crippen LogP contribution in [0, 0.1) is 0 Å². The molecule has 78 valence electrons. The van der Waals surface area contributed by atoms with E-state index in [1.54, 1.807) is 0 Å². The second-order valence-electron chi connectivity index (χ2n) is 3.07. The van der Waals surface area contributed by atoms with Gasteiger partial charge < -0.3 is 31.2 Å². The van der Waals surface area contributed by atoms with Gasteiger partial charge in [0.15, 0.2) is 6.29 Å². The zero-order chi connectivity index (χ0) is 10.0. The van der Waals surface area contributed by atoms with Gasteiger partial charge in [0.2, 0.25) is 0 Å². The lowest BCUT2D eigenvalue weighted by molar-refractivity contribution is -0.248. The molecular formula is C7H16N2O4. The van der Waals surface area contributed by atoms with Gasteiger partial charge >= 0.3 is 0 Å². The number of nitrogens with two attached hydrogens (primary N) is 2. The Morgan fingerprint density at radius 2 is 2.00 bits per heavy atom. The summed E-state index contributed by atoms with van der Waals surface area (Å²) in [5.41, 5.74) is 10.9. The zero-order valence-corrected chi connectivity index (χ0v) is 7.46. The Bertz CT molecular complexity index is 149. The van der Waals surface area contributed by atoms with E-state index in [1.807, 2.05) is 0 Å². The molecule has 6 N–H and O–H groups in total. The number of aliphatic hydroxyl groups excluding tert-OH is 2. The normalized spacial score (nSPS) is 46.4. The van der Waals surface area contributed by atoms with Crippen molar-refractivity contribution in [2.75, 3.05) is 13.7 Å². The molecule has 5 atom stereocenters. The molecule has 0 amide bonds. The highest BCUT2D eigenvalue weighted by Gasteiger charge is 2.42. The molecule has 1 aliphatic rings. The molecule has 0 unspecified atom stereocenters. The van der Waals surface area contributed by atoms with E-state index in [9.17, 15) is 10.2 Å². The van der Waals surface area contributed by atoms with Crippen LogP contribution in [0.3, 0.4) is 0 Å². The summed E-state index contributed by atoms with van der Waals surface area (Å²) in [6.07, 6.45) is -3.45. The summed E-state index contributed by atoms with van der Waals surface area (Å²) in [6.45, 7) is 0.116. The van der Waals surface area contributed by atoms with E-state index in [-0.39, 0.29) is 6.54 Å². The molecule has 0 radical (unpaired) electrons. The molecule has 0 saturated carbocycles. The predicted molar refractivity (Wildman–Crippen MR) is 44.7 cm³/mol. The number of aliphatic hydroxyl groups is 2. The highest BCUT2D eigenvalue weighted by atomic mass is 16.7. The molecule has 0 spiro atoms. The van der Waals surface area contributed by atoms with Crippen LogP contribution in [0.15, 0.2) is 0 Å². The Balaban J connectivity index is 2.66. The third kappa shape index (κ3) is 1.98. The van der Waals surface area contributed by atoms with Crippen LogP contribution in [0.5, 0.6) is 0 Å². The van der Waals surface area contributed by atoms with E-state index >= 15 is 0 Å². The van der Waals surface area contributed by atoms with Crippen molar-refractivity contribution in [3.8, 4) is 0 Å². The van der Waals surface area contributed by atoms with Crippen LogP contribution in [0.4, 0.5) is 0 Å². The minimum atomic E-state index is -1.06. The Kier molecular flexibility index (Phi) is 3.60. The van der Waals surface area contributed by atoms with Crippen molar-refractivity contribution in [2.45, 2.75) is 30.6 Å². The molecule has 0 aliphatic carbocycles. The monoisotopic (exact) mass is 192 g/mol. The fourth-order valence-electron chi connectivity index (χ4n) is 1.36. The van der Waals surface area contributed by atoms with E-state index < -0.39 is 30.6 Å². The average Bonchev–Trinajstić information content (AvgIpc) is 2.15. The second kappa shape index (κ2) is 4.32. The molecule has 0 aromatic rings. The van der Waals surface area contributed by atoms with Gasteiger partial charge in [-0.05, 0) is 0 Å². The minimum Gasteiger partial charge on any atom is -0.388 e. The third-order valence-electron chi connectivity index (χ3n) is 2.21. The van der Waals surface area contributed by atoms with Crippen molar-refractivity contribution in [1.82, 2.24) is 0 Å². The van der Waals surface area contributed by atoms with Gasteiger partial charge in [-0.25, -0.2) is 0 Å². The van der Waals surface area contributed by atoms with E-state index in [0.29, 0.717) is 0 Å². The van der Waals surface area contributed by atoms with Crippen molar-refractivity contribution in [3.63, 3.8) is 0 Å². The first-order chi connectivity index (χ1) is 6.11. The molecule has 1 fully saturated rings. The van der Waals surface area contributed by atoms with Gasteiger partial charge in [-0.2, -0.15) is 0 Å². The topological polar surface area (TPSA) is 111 Å². The number of hydrogen-bond acceptors (Lipinski definition) is 6. The molecule has 0 aromatic carbocycles. The summed E-state index contributed by atoms with van der Waals surface area (Å²) >= 11 is 0. The van der Waals surface area contributed by atoms with Crippen LogP contribution >= 0.6 is 0 Å². The van der Waals surface area contributed by atoms with Gasteiger partial charge in [0.05, 0.1) is 6.04 Å². The summed E-state index contributed by atoms with van der Waals surface area (Å²) in [5.74, 6) is 0. The Morgan fingerprint density at radius 1 is 1.38 bits per heavy atom. The summed E-state index contributed by atoms with van der Waals surface area (Å²) in [7, 11) is 1.42. The number of methoxy groups -OCH3 is 1. The highest BCUT2D eigenvalue weighted by molar-refractivity contribution is 4.91. The van der Waals surface area contributed by atoms with Crippen LogP contribution in [0.25, 0.3) is 0 Å². The quantitative estimate of drug-likeness (QED) is 0.381. The third-order valence-corrected chi connectivity index (χ3v) is 2.21. The molecule has 13 heavy (non-hydrogen) atoms. The van der Waals surface area contributed by atoms with Crippen molar-refractivity contribution < 1.29 is 19.7 Å². The van der Waals surface area contributed by atoms with Crippen LogP contribution in [-0.4, -0.2) is 54.5 Å². The van der Waals surface area contributed by atoms with Crippen LogP contribution < -0.4 is 11.5 Å². The van der Waals surface area contributed by atoms with E-state index in [4.69, 9.17) is 20.9 Å². The van der Waals surface area contributed by atoms with Crippen molar-refractivity contribution in [3.05, 3.63) is 0 Å². The zero-order valence-electron chi connectivity index (χ0n) is 7.46. The Hall–Kier alpha value is -0.240. The minimum absolute atomic E-state index is 0.116. The summed E-state index contributed by atoms with van der Waals surface area (Å²) in [4.78, 5) is 0. The fourth-order valence-corrected chi connectivity index (χ4v) is 1.36. The van der Waals surface area contributed by atoms with Crippen LogP contribution in [-0.2, 0) is 9.47 Å². The number of rotatable bonds is 2. The van der Waals surface area contributed by atoms with Gasteiger partial charge in [0.1, 0.15) is 18.3 Å². The van der Waals surface area contributed by atoms with Gasteiger partial charge in [0, 0.05) is 13.7 Å². The lowest BCUT2D eigenvalue weighted by Crippen LogP contribution is -2.62. The fraction of sp³-hybridized carbons (Fsp3) is 1.00. The maximum Gasteiger partial charge on any atom is 0.175 e. The molecule has 1 aliphatic heterocycles. The summed E-state index contributed by atoms with van der Waals surface area (Å²) in [5, 5.41) is 18.9. The van der Waals surface area contributed by atoms with Crippen molar-refractivity contribution >= 4 is 0 Å². The standard InChI is InChI=1S/C7H16N2O4/c1-12-7-4(9)6(11)5(10)3(2-8)13-7/h3-7,10-11H,2,8-9H2,1H3/t3-,4-,5-,6-,7+/m1/s1. The first kappa shape index (κ1) is 10.8. The molecular weight excluding hydrogens is 176 g/mol. The molecule has 1 heterocycles. The summed E-state index contributed by atoms with van der Waals surface area (Å²) in [6, 6.07) is -0.747. The number of ether oxygens (including phenoxy) is 2. The van der Waals surface area contributed by atoms with Crippen LogP contribution in [0.1, 0.15) is 0 Å². The highest BCUT2D eigenvalue weighted by Crippen LogP contribution is 2.19. The molecule has 0 bridgehead atoms. The molecule has 1 saturated heterocycles. The average molecular weight is 192 g/mol. The van der Waals surface area contributed by atoms with E-state index in [1.165, 1.54) is 7.11 Å². The maximum absolute atomic E-state index is 9.46. The SMILES string of the molecule is CO[C@H]1O[C@H](CN)[C@@H](O)[C@H](O)[C@H]1N. The Morgan fingerprint density at radius 3 is 2.46 bits per heavy atom. The van der Waals surface area contributed by atoms with Crippen molar-refractivity contribution in [1.29, 1.82) is 0 Å². The predicted octanol–water partition coefficient (Wildman–Crippen LogP) is -2.63. The Labute approximate surface area is 76.4 Å². The number of hydrogen-bond donors (Lipinski definition) is 4. The maximum atomic E-state index is 9.46. The smallest absolute Gasteiger partial charge is 0.175 e. The lowest BCUT2D eigenvalue weighted by Gasteiger charge is -2.40. The van der Waals surface area contributed by atoms with Gasteiger partial charge in [-0.1, -0.05) is 0 Å². The molecule has 6 heteroatoms. The first-order valence-corrected chi connectivity index (χ1v) is 4.11. The molecule has 0 aromatic heterocycles. The molecule has 6 nitrogen and oxygen atoms in total. The second-order valence-corrected chi connectivity index (χ2v) is 3.07. The van der Waals surface area contributed by atoms with Gasteiger partial charge in [-0.3, -0.25) is 0 Å². The van der Waals surface area contributed by atoms with Crippen molar-refractivity contribution in [2.24, 2.45) is 11.5 Å². The molecule has 1 rings (SSSR count). The largest absolute Gasteiger partial charge is 0.388 e. The van der Waals surface area contributed by atoms with Gasteiger partial charge in [0.25, 0.3) is 0 Å². The summed E-state index contributed by atoms with van der Waals surface area (Å²) < 4.78 is 10.1.